The normalized spacial score (nSPS) is 18.7. The summed E-state index contributed by atoms with van der Waals surface area (Å²) in [5.41, 5.74) is -1.54. The lowest BCUT2D eigenvalue weighted by Crippen LogP contribution is -2.50. The van der Waals surface area contributed by atoms with Crippen molar-refractivity contribution in [3.8, 4) is 0 Å². The van der Waals surface area contributed by atoms with Gasteiger partial charge in [-0.05, 0) is 36.8 Å². The number of hydrogen-bond acceptors (Lipinski definition) is 9. The SMILES string of the molecule is C=CCOC(=O)c1cc(NC(=O)C2CC(C(C=O)(OCC=C)C(O)=S)CN2)cc(C(=O)OC)c1. The van der Waals surface area contributed by atoms with E-state index in [2.05, 4.69) is 23.8 Å². The lowest BCUT2D eigenvalue weighted by atomic mass is 9.86. The van der Waals surface area contributed by atoms with Crippen LogP contribution in [0.2, 0.25) is 0 Å². The van der Waals surface area contributed by atoms with Gasteiger partial charge in [-0.3, -0.25) is 9.59 Å². The number of hydrogen-bond donors (Lipinski definition) is 3. The molecule has 3 N–H and O–H groups in total. The molecule has 2 rings (SSSR count). The topological polar surface area (TPSA) is 140 Å². The zero-order valence-electron chi connectivity index (χ0n) is 18.6. The van der Waals surface area contributed by atoms with E-state index in [1.807, 2.05) is 0 Å². The molecule has 11 heteroatoms. The first-order valence-corrected chi connectivity index (χ1v) is 10.6. The maximum Gasteiger partial charge on any atom is 0.338 e. The fraction of sp³-hybridized carbons (Fsp3) is 0.348. The van der Waals surface area contributed by atoms with Crippen molar-refractivity contribution in [3.63, 3.8) is 0 Å². The smallest absolute Gasteiger partial charge is 0.338 e. The third-order valence-corrected chi connectivity index (χ3v) is 5.51. The third kappa shape index (κ3) is 6.13. The molecule has 0 aromatic heterocycles. The van der Waals surface area contributed by atoms with Crippen molar-refractivity contribution < 1.29 is 38.5 Å². The van der Waals surface area contributed by atoms with Crippen LogP contribution in [0.5, 0.6) is 0 Å². The van der Waals surface area contributed by atoms with Gasteiger partial charge in [0.05, 0.1) is 30.9 Å². The molecule has 0 saturated carbocycles. The Morgan fingerprint density at radius 1 is 1.21 bits per heavy atom. The van der Waals surface area contributed by atoms with Gasteiger partial charge >= 0.3 is 11.9 Å². The average molecular weight is 491 g/mol. The largest absolute Gasteiger partial charge is 0.500 e. The molecule has 1 aliphatic heterocycles. The molecule has 10 nitrogen and oxygen atoms in total. The highest BCUT2D eigenvalue weighted by Crippen LogP contribution is 2.30. The Morgan fingerprint density at radius 2 is 1.85 bits per heavy atom. The van der Waals surface area contributed by atoms with Crippen molar-refractivity contribution >= 4 is 47.1 Å². The minimum absolute atomic E-state index is 0.0285. The maximum absolute atomic E-state index is 12.9. The Labute approximate surface area is 201 Å². The molecule has 1 aliphatic rings. The van der Waals surface area contributed by atoms with Crippen molar-refractivity contribution in [2.24, 2.45) is 5.92 Å². The van der Waals surface area contributed by atoms with E-state index in [1.54, 1.807) is 0 Å². The minimum Gasteiger partial charge on any atom is -0.500 e. The lowest BCUT2D eigenvalue weighted by molar-refractivity contribution is -0.128. The maximum atomic E-state index is 12.9. The minimum atomic E-state index is -1.77. The first-order valence-electron chi connectivity index (χ1n) is 10.2. The Hall–Kier alpha value is -3.41. The van der Waals surface area contributed by atoms with Crippen LogP contribution >= 0.6 is 12.2 Å². The Kier molecular flexibility index (Phi) is 9.60. The number of carbonyl (C=O) groups is 4. The number of rotatable bonds is 12. The number of methoxy groups -OCH3 is 1. The molecule has 3 atom stereocenters. The van der Waals surface area contributed by atoms with Crippen LogP contribution in [0.3, 0.4) is 0 Å². The van der Waals surface area contributed by atoms with Gasteiger partial charge < -0.3 is 30.0 Å². The average Bonchev–Trinajstić information content (AvgIpc) is 3.33. The molecule has 1 aromatic carbocycles. The monoisotopic (exact) mass is 490 g/mol. The van der Waals surface area contributed by atoms with E-state index in [4.69, 9.17) is 26.4 Å². The standard InChI is InChI=1S/C23H26N2O8S/c1-4-6-32-21(29)15-8-14(20(28)31-3)9-17(10-15)25-19(27)18-11-16(12-24-18)23(13-26,22(30)34)33-7-5-2/h4-5,8-10,13,16,18,24H,1-2,6-7,11-12H2,3H3,(H,25,27)(H,30,34). The van der Waals surface area contributed by atoms with Gasteiger partial charge in [0.25, 0.3) is 0 Å². The molecule has 0 bridgehead atoms. The van der Waals surface area contributed by atoms with Crippen molar-refractivity contribution in [3.05, 3.63) is 54.6 Å². The Balaban J connectivity index is 2.23. The van der Waals surface area contributed by atoms with Crippen molar-refractivity contribution in [2.45, 2.75) is 18.1 Å². The molecular weight excluding hydrogens is 464 g/mol. The van der Waals surface area contributed by atoms with Gasteiger partial charge in [0.2, 0.25) is 5.91 Å². The Bertz CT molecular complexity index is 995. The van der Waals surface area contributed by atoms with Gasteiger partial charge in [0.1, 0.15) is 6.61 Å². The van der Waals surface area contributed by atoms with E-state index in [1.165, 1.54) is 37.5 Å². The van der Waals surface area contributed by atoms with E-state index in [0.29, 0.717) is 6.29 Å². The van der Waals surface area contributed by atoms with Gasteiger partial charge in [-0.25, -0.2) is 9.59 Å². The van der Waals surface area contributed by atoms with Gasteiger partial charge in [0.15, 0.2) is 16.9 Å². The summed E-state index contributed by atoms with van der Waals surface area (Å²) in [6.45, 7) is 7.09. The molecule has 1 aromatic rings. The Morgan fingerprint density at radius 3 is 2.41 bits per heavy atom. The summed E-state index contributed by atoms with van der Waals surface area (Å²) in [6, 6.07) is 3.22. The summed E-state index contributed by atoms with van der Waals surface area (Å²) in [7, 11) is 1.19. The number of carbonyl (C=O) groups excluding carboxylic acids is 4. The molecule has 182 valence electrons. The second kappa shape index (κ2) is 12.2. The predicted molar refractivity (Wildman–Crippen MR) is 127 cm³/mol. The number of esters is 2. The molecule has 34 heavy (non-hydrogen) atoms. The zero-order chi connectivity index (χ0) is 25.3. The zero-order valence-corrected chi connectivity index (χ0v) is 19.4. The fourth-order valence-corrected chi connectivity index (χ4v) is 3.77. The first-order chi connectivity index (χ1) is 16.2. The summed E-state index contributed by atoms with van der Waals surface area (Å²) in [5, 5.41) is 15.0. The second-order valence-electron chi connectivity index (χ2n) is 7.38. The van der Waals surface area contributed by atoms with Crippen LogP contribution in [0, 0.1) is 5.92 Å². The van der Waals surface area contributed by atoms with Crippen LogP contribution in [-0.4, -0.2) is 72.8 Å². The molecule has 0 spiro atoms. The van der Waals surface area contributed by atoms with E-state index in [0.717, 1.165) is 0 Å². The number of benzene rings is 1. The van der Waals surface area contributed by atoms with E-state index < -0.39 is 40.5 Å². The molecule has 1 fully saturated rings. The lowest BCUT2D eigenvalue weighted by Gasteiger charge is -2.31. The highest BCUT2D eigenvalue weighted by atomic mass is 32.1. The number of aliphatic hydroxyl groups is 1. The summed E-state index contributed by atoms with van der Waals surface area (Å²) < 4.78 is 15.2. The quantitative estimate of drug-likeness (QED) is 0.172. The molecule has 1 heterocycles. The summed E-state index contributed by atoms with van der Waals surface area (Å²) in [4.78, 5) is 49.0. The molecule has 0 radical (unpaired) electrons. The molecule has 1 amide bonds. The van der Waals surface area contributed by atoms with Crippen LogP contribution in [0.25, 0.3) is 0 Å². The number of amides is 1. The number of nitrogens with one attached hydrogen (secondary N) is 2. The number of thiocarbonyl (C=S) groups is 1. The summed E-state index contributed by atoms with van der Waals surface area (Å²) in [6.07, 6.45) is 3.35. The van der Waals surface area contributed by atoms with Crippen LogP contribution in [0.15, 0.2) is 43.5 Å². The van der Waals surface area contributed by atoms with Crippen molar-refractivity contribution in [1.82, 2.24) is 5.32 Å². The first kappa shape index (κ1) is 26.8. The third-order valence-electron chi connectivity index (χ3n) is 5.19. The highest BCUT2D eigenvalue weighted by Gasteiger charge is 2.48. The number of aliphatic hydroxyl groups excluding tert-OH is 1. The van der Waals surface area contributed by atoms with E-state index >= 15 is 0 Å². The highest BCUT2D eigenvalue weighted by molar-refractivity contribution is 7.80. The van der Waals surface area contributed by atoms with Crippen molar-refractivity contribution in [1.29, 1.82) is 0 Å². The van der Waals surface area contributed by atoms with Gasteiger partial charge in [-0.15, -0.1) is 6.58 Å². The van der Waals surface area contributed by atoms with Crippen LogP contribution in [-0.2, 0) is 23.8 Å². The predicted octanol–water partition coefficient (Wildman–Crippen LogP) is 1.76. The fourth-order valence-electron chi connectivity index (χ4n) is 3.49. The van der Waals surface area contributed by atoms with Gasteiger partial charge in [-0.1, -0.05) is 18.7 Å². The molecule has 3 unspecified atom stereocenters. The van der Waals surface area contributed by atoms with Crippen LogP contribution in [0.4, 0.5) is 5.69 Å². The van der Waals surface area contributed by atoms with Crippen molar-refractivity contribution in [2.75, 3.05) is 32.2 Å². The summed E-state index contributed by atoms with van der Waals surface area (Å²) >= 11 is 4.85. The molecule has 1 saturated heterocycles. The molecule has 0 aliphatic carbocycles. The van der Waals surface area contributed by atoms with Crippen LogP contribution in [0.1, 0.15) is 27.1 Å². The van der Waals surface area contributed by atoms with Gasteiger partial charge in [0, 0.05) is 18.2 Å². The summed E-state index contributed by atoms with van der Waals surface area (Å²) in [5.74, 6) is -2.54. The molecular formula is C23H26N2O8S. The number of ether oxygens (including phenoxy) is 3. The number of aldehydes is 1. The van der Waals surface area contributed by atoms with E-state index in [9.17, 15) is 24.3 Å². The number of anilines is 1. The second-order valence-corrected chi connectivity index (χ2v) is 7.76. The van der Waals surface area contributed by atoms with Gasteiger partial charge in [-0.2, -0.15) is 0 Å². The van der Waals surface area contributed by atoms with E-state index in [-0.39, 0.29) is 43.0 Å². The van der Waals surface area contributed by atoms with Crippen LogP contribution < -0.4 is 10.6 Å².